The Kier molecular flexibility index (Phi) is 5.43. The molecule has 1 saturated heterocycles. The van der Waals surface area contributed by atoms with Crippen LogP contribution in [-0.2, 0) is 0 Å². The van der Waals surface area contributed by atoms with Crippen molar-refractivity contribution in [3.8, 4) is 0 Å². The van der Waals surface area contributed by atoms with Crippen molar-refractivity contribution in [2.75, 3.05) is 13.1 Å². The lowest BCUT2D eigenvalue weighted by atomic mass is 9.97. The van der Waals surface area contributed by atoms with E-state index in [4.69, 9.17) is 0 Å². The smallest absolute Gasteiger partial charge is 0.262 e. The summed E-state index contributed by atoms with van der Waals surface area (Å²) in [5.74, 6) is 0.440. The molecule has 0 spiro atoms. The van der Waals surface area contributed by atoms with Gasteiger partial charge in [0.05, 0.1) is 4.88 Å². The van der Waals surface area contributed by atoms with E-state index in [0.29, 0.717) is 16.4 Å². The van der Waals surface area contributed by atoms with Crippen LogP contribution in [0.5, 0.6) is 0 Å². The van der Waals surface area contributed by atoms with Crippen LogP contribution in [-0.4, -0.2) is 35.8 Å². The molecular weight excluding hydrogens is 320 g/mol. The molecule has 24 heavy (non-hydrogen) atoms. The second-order valence-electron chi connectivity index (χ2n) is 6.30. The molecule has 0 radical (unpaired) electrons. The van der Waals surface area contributed by atoms with Crippen LogP contribution in [0.2, 0.25) is 0 Å². The summed E-state index contributed by atoms with van der Waals surface area (Å²) in [7, 11) is 0. The summed E-state index contributed by atoms with van der Waals surface area (Å²) in [6.45, 7) is 3.89. The second kappa shape index (κ2) is 7.73. The first-order chi connectivity index (χ1) is 11.6. The predicted octanol–water partition coefficient (Wildman–Crippen LogP) is 3.42. The predicted molar refractivity (Wildman–Crippen MR) is 96.3 cm³/mol. The molecular formula is C19H22N2O2S. The fraction of sp³-hybridized carbons (Fsp3) is 0.368. The largest absolute Gasteiger partial charge is 0.329 e. The van der Waals surface area contributed by atoms with E-state index in [2.05, 4.69) is 17.1 Å². The van der Waals surface area contributed by atoms with Crippen molar-refractivity contribution in [2.45, 2.75) is 25.9 Å². The highest BCUT2D eigenvalue weighted by atomic mass is 32.1. The van der Waals surface area contributed by atoms with Crippen LogP contribution in [0.25, 0.3) is 0 Å². The highest BCUT2D eigenvalue weighted by Crippen LogP contribution is 2.20. The molecule has 0 saturated carbocycles. The van der Waals surface area contributed by atoms with Crippen LogP contribution in [0.15, 0.2) is 47.8 Å². The Labute approximate surface area is 146 Å². The maximum Gasteiger partial charge on any atom is 0.262 e. The first-order valence-electron chi connectivity index (χ1n) is 8.33. The average molecular weight is 342 g/mol. The number of rotatable bonds is 5. The van der Waals surface area contributed by atoms with Crippen LogP contribution in [0.1, 0.15) is 39.8 Å². The minimum atomic E-state index is -0.602. The standard InChI is InChI=1S/C19H22N2O2S/c1-14-9-11-21(12-10-14)18(17(22)15-6-3-2-4-7-15)20-19(23)16-8-5-13-24-16/h2-8,13-14,18H,9-12H2,1H3,(H,20,23). The number of benzene rings is 1. The SMILES string of the molecule is CC1CCN(C(NC(=O)c2cccs2)C(=O)c2ccccc2)CC1. The fourth-order valence-electron chi connectivity index (χ4n) is 2.97. The Morgan fingerprint density at radius 1 is 1.12 bits per heavy atom. The van der Waals surface area contributed by atoms with Gasteiger partial charge in [0, 0.05) is 18.7 Å². The van der Waals surface area contributed by atoms with E-state index in [1.165, 1.54) is 11.3 Å². The molecule has 0 bridgehead atoms. The van der Waals surface area contributed by atoms with Gasteiger partial charge >= 0.3 is 0 Å². The number of likely N-dealkylation sites (tertiary alicyclic amines) is 1. The number of thiophene rings is 1. The van der Waals surface area contributed by atoms with Crippen molar-refractivity contribution in [1.82, 2.24) is 10.2 Å². The van der Waals surface area contributed by atoms with Gasteiger partial charge in [-0.2, -0.15) is 0 Å². The summed E-state index contributed by atoms with van der Waals surface area (Å²) >= 11 is 1.39. The molecule has 1 unspecified atom stereocenters. The number of piperidine rings is 1. The van der Waals surface area contributed by atoms with Crippen molar-refractivity contribution in [1.29, 1.82) is 0 Å². The van der Waals surface area contributed by atoms with E-state index >= 15 is 0 Å². The minimum absolute atomic E-state index is 0.0462. The third-order valence-corrected chi connectivity index (χ3v) is 5.37. The van der Waals surface area contributed by atoms with Crippen molar-refractivity contribution in [3.63, 3.8) is 0 Å². The molecule has 1 N–H and O–H groups in total. The molecule has 2 aromatic rings. The molecule has 3 rings (SSSR count). The van der Waals surface area contributed by atoms with Gasteiger partial charge < -0.3 is 5.32 Å². The number of carbonyl (C=O) groups excluding carboxylic acids is 2. The third kappa shape index (κ3) is 3.91. The van der Waals surface area contributed by atoms with Crippen molar-refractivity contribution >= 4 is 23.0 Å². The molecule has 2 heterocycles. The fourth-order valence-corrected chi connectivity index (χ4v) is 3.60. The summed E-state index contributed by atoms with van der Waals surface area (Å²) in [5.41, 5.74) is 0.632. The van der Waals surface area contributed by atoms with Gasteiger partial charge in [0.25, 0.3) is 5.91 Å². The van der Waals surface area contributed by atoms with Gasteiger partial charge in [-0.1, -0.05) is 43.3 Å². The zero-order valence-electron chi connectivity index (χ0n) is 13.8. The van der Waals surface area contributed by atoms with Gasteiger partial charge in [-0.15, -0.1) is 11.3 Å². The molecule has 1 aromatic carbocycles. The number of nitrogens with one attached hydrogen (secondary N) is 1. The molecule has 1 aliphatic heterocycles. The molecule has 4 nitrogen and oxygen atoms in total. The molecule has 1 aliphatic rings. The van der Waals surface area contributed by atoms with E-state index in [1.54, 1.807) is 18.2 Å². The maximum atomic E-state index is 13.0. The van der Waals surface area contributed by atoms with Crippen LogP contribution in [0.3, 0.4) is 0 Å². The summed E-state index contributed by atoms with van der Waals surface area (Å²) in [6.07, 6.45) is 1.50. The van der Waals surface area contributed by atoms with Gasteiger partial charge in [-0.25, -0.2) is 0 Å². The van der Waals surface area contributed by atoms with Crippen LogP contribution in [0, 0.1) is 5.92 Å². The first kappa shape index (κ1) is 16.9. The Balaban J connectivity index is 1.80. The zero-order valence-corrected chi connectivity index (χ0v) is 14.6. The van der Waals surface area contributed by atoms with Gasteiger partial charge in [-0.3, -0.25) is 14.5 Å². The van der Waals surface area contributed by atoms with Gasteiger partial charge in [-0.05, 0) is 30.2 Å². The number of hydrogen-bond acceptors (Lipinski definition) is 4. The Bertz CT molecular complexity index is 677. The van der Waals surface area contributed by atoms with Gasteiger partial charge in [0.15, 0.2) is 5.78 Å². The van der Waals surface area contributed by atoms with E-state index in [0.717, 1.165) is 25.9 Å². The number of carbonyl (C=O) groups is 2. The molecule has 126 valence electrons. The van der Waals surface area contributed by atoms with E-state index in [-0.39, 0.29) is 11.7 Å². The summed E-state index contributed by atoms with van der Waals surface area (Å²) in [4.78, 5) is 28.2. The topological polar surface area (TPSA) is 49.4 Å². The third-order valence-electron chi connectivity index (χ3n) is 4.50. The van der Waals surface area contributed by atoms with Crippen molar-refractivity contribution in [2.24, 2.45) is 5.92 Å². The first-order valence-corrected chi connectivity index (χ1v) is 9.21. The number of Topliss-reactive ketones (excluding diaryl/α,β-unsaturated/α-hetero) is 1. The minimum Gasteiger partial charge on any atom is -0.329 e. The Hall–Kier alpha value is -1.98. The summed E-state index contributed by atoms with van der Waals surface area (Å²) in [6, 6.07) is 12.8. The summed E-state index contributed by atoms with van der Waals surface area (Å²) in [5, 5.41) is 4.82. The molecule has 1 aromatic heterocycles. The lowest BCUT2D eigenvalue weighted by Gasteiger charge is -2.36. The Morgan fingerprint density at radius 3 is 2.46 bits per heavy atom. The normalized spacial score (nSPS) is 17.4. The number of hydrogen-bond donors (Lipinski definition) is 1. The molecule has 1 fully saturated rings. The monoisotopic (exact) mass is 342 g/mol. The van der Waals surface area contributed by atoms with Gasteiger partial charge in [0.2, 0.25) is 0 Å². The van der Waals surface area contributed by atoms with Crippen LogP contribution in [0.4, 0.5) is 0 Å². The second-order valence-corrected chi connectivity index (χ2v) is 7.25. The van der Waals surface area contributed by atoms with Gasteiger partial charge in [0.1, 0.15) is 6.17 Å². The quantitative estimate of drug-likeness (QED) is 0.847. The molecule has 1 amide bonds. The number of nitrogens with zero attached hydrogens (tertiary/aromatic N) is 1. The van der Waals surface area contributed by atoms with E-state index in [1.807, 2.05) is 29.6 Å². The van der Waals surface area contributed by atoms with E-state index < -0.39 is 6.17 Å². The highest BCUT2D eigenvalue weighted by molar-refractivity contribution is 7.12. The van der Waals surface area contributed by atoms with Crippen molar-refractivity contribution < 1.29 is 9.59 Å². The Morgan fingerprint density at radius 2 is 1.83 bits per heavy atom. The average Bonchev–Trinajstić information content (AvgIpc) is 3.15. The number of ketones is 1. The van der Waals surface area contributed by atoms with Crippen LogP contribution < -0.4 is 5.32 Å². The lowest BCUT2D eigenvalue weighted by Crippen LogP contribution is -2.55. The summed E-state index contributed by atoms with van der Waals surface area (Å²) < 4.78 is 0. The molecule has 0 aliphatic carbocycles. The maximum absolute atomic E-state index is 13.0. The lowest BCUT2D eigenvalue weighted by molar-refractivity contribution is 0.0620. The highest BCUT2D eigenvalue weighted by Gasteiger charge is 2.31. The zero-order chi connectivity index (χ0) is 16.9. The van der Waals surface area contributed by atoms with Crippen molar-refractivity contribution in [3.05, 3.63) is 58.3 Å². The van der Waals surface area contributed by atoms with E-state index in [9.17, 15) is 9.59 Å². The number of amides is 1. The molecule has 1 atom stereocenters. The molecule has 5 heteroatoms. The van der Waals surface area contributed by atoms with Crippen LogP contribution >= 0.6 is 11.3 Å².